The number of amides is 1. The van der Waals surface area contributed by atoms with Gasteiger partial charge < -0.3 is 10.4 Å². The van der Waals surface area contributed by atoms with Gasteiger partial charge in [-0.1, -0.05) is 18.2 Å². The van der Waals surface area contributed by atoms with Gasteiger partial charge in [0.1, 0.15) is 11.6 Å². The largest absolute Gasteiger partial charge is 0.508 e. The van der Waals surface area contributed by atoms with Crippen molar-refractivity contribution < 1.29 is 9.90 Å². The minimum atomic E-state index is -0.227. The fourth-order valence-electron chi connectivity index (χ4n) is 1.95. The highest BCUT2D eigenvalue weighted by molar-refractivity contribution is 5.92. The number of phenolic OH excluding ortho intramolecular Hbond substituents is 1. The molecular formula is C14H12N4O2. The number of benzene rings is 1. The second kappa shape index (κ2) is 5.00. The quantitative estimate of drug-likeness (QED) is 0.756. The van der Waals surface area contributed by atoms with Gasteiger partial charge in [-0.3, -0.25) is 4.79 Å². The summed E-state index contributed by atoms with van der Waals surface area (Å²) in [6.07, 6.45) is 3.31. The number of rotatable bonds is 3. The Morgan fingerprint density at radius 2 is 2.05 bits per heavy atom. The number of nitrogens with one attached hydrogen (secondary N) is 1. The maximum Gasteiger partial charge on any atom is 0.230 e. The first-order valence-corrected chi connectivity index (χ1v) is 6.09. The fourth-order valence-corrected chi connectivity index (χ4v) is 1.95. The number of carbonyl (C=O) groups excluding carboxylic acids is 1. The molecule has 3 rings (SSSR count). The molecule has 0 atom stereocenters. The number of anilines is 1. The van der Waals surface area contributed by atoms with Crippen LogP contribution in [0.2, 0.25) is 0 Å². The van der Waals surface area contributed by atoms with Crippen molar-refractivity contribution in [3.8, 4) is 5.75 Å². The average Bonchev–Trinajstić information content (AvgIpc) is 2.91. The standard InChI is InChI=1S/C14H12N4O2/c19-11-4-2-1-3-10(11)9-14(20)17-13-5-7-15-12-6-8-16-18(12)13/h1-8,19H,9H2,(H,17,20). The van der Waals surface area contributed by atoms with Crippen molar-refractivity contribution in [2.24, 2.45) is 0 Å². The third kappa shape index (κ3) is 2.31. The Morgan fingerprint density at radius 1 is 1.20 bits per heavy atom. The summed E-state index contributed by atoms with van der Waals surface area (Å²) in [6, 6.07) is 10.2. The van der Waals surface area contributed by atoms with Crippen LogP contribution in [0.1, 0.15) is 5.56 Å². The van der Waals surface area contributed by atoms with Crippen molar-refractivity contribution in [1.29, 1.82) is 0 Å². The van der Waals surface area contributed by atoms with E-state index >= 15 is 0 Å². The zero-order valence-electron chi connectivity index (χ0n) is 10.5. The van der Waals surface area contributed by atoms with E-state index in [4.69, 9.17) is 0 Å². The topological polar surface area (TPSA) is 79.5 Å². The van der Waals surface area contributed by atoms with E-state index in [1.54, 1.807) is 53.3 Å². The molecule has 0 bridgehead atoms. The molecular weight excluding hydrogens is 256 g/mol. The average molecular weight is 268 g/mol. The van der Waals surface area contributed by atoms with E-state index in [9.17, 15) is 9.90 Å². The Morgan fingerprint density at radius 3 is 2.90 bits per heavy atom. The van der Waals surface area contributed by atoms with Crippen LogP contribution in [0.4, 0.5) is 5.82 Å². The predicted octanol–water partition coefficient (Wildman–Crippen LogP) is 1.62. The summed E-state index contributed by atoms with van der Waals surface area (Å²) in [5.74, 6) is 0.427. The molecule has 20 heavy (non-hydrogen) atoms. The van der Waals surface area contributed by atoms with E-state index < -0.39 is 0 Å². The van der Waals surface area contributed by atoms with Crippen LogP contribution in [0.25, 0.3) is 5.65 Å². The Bertz CT molecular complexity index is 766. The number of phenols is 1. The molecule has 1 amide bonds. The number of nitrogens with zero attached hydrogens (tertiary/aromatic N) is 3. The molecule has 0 aliphatic rings. The number of carbonyl (C=O) groups is 1. The number of para-hydroxylation sites is 1. The highest BCUT2D eigenvalue weighted by atomic mass is 16.3. The van der Waals surface area contributed by atoms with Gasteiger partial charge in [-0.15, -0.1) is 0 Å². The molecule has 2 N–H and O–H groups in total. The first-order valence-electron chi connectivity index (χ1n) is 6.09. The van der Waals surface area contributed by atoms with Gasteiger partial charge in [0, 0.05) is 17.8 Å². The zero-order valence-corrected chi connectivity index (χ0v) is 10.5. The van der Waals surface area contributed by atoms with Gasteiger partial charge in [-0.2, -0.15) is 9.61 Å². The smallest absolute Gasteiger partial charge is 0.230 e. The lowest BCUT2D eigenvalue weighted by Gasteiger charge is -2.07. The van der Waals surface area contributed by atoms with E-state index in [1.165, 1.54) is 0 Å². The van der Waals surface area contributed by atoms with Crippen molar-refractivity contribution in [2.45, 2.75) is 6.42 Å². The number of hydrogen-bond acceptors (Lipinski definition) is 4. The van der Waals surface area contributed by atoms with Crippen LogP contribution in [0.3, 0.4) is 0 Å². The zero-order chi connectivity index (χ0) is 13.9. The van der Waals surface area contributed by atoms with Gasteiger partial charge in [-0.05, 0) is 12.1 Å². The predicted molar refractivity (Wildman–Crippen MR) is 73.4 cm³/mol. The van der Waals surface area contributed by atoms with Gasteiger partial charge in [0.2, 0.25) is 5.91 Å². The summed E-state index contributed by atoms with van der Waals surface area (Å²) in [5, 5.41) is 16.5. The minimum Gasteiger partial charge on any atom is -0.508 e. The summed E-state index contributed by atoms with van der Waals surface area (Å²) in [5.41, 5.74) is 1.24. The number of fused-ring (bicyclic) bond motifs is 1. The van der Waals surface area contributed by atoms with Crippen molar-refractivity contribution in [3.05, 3.63) is 54.4 Å². The molecule has 3 aromatic rings. The van der Waals surface area contributed by atoms with E-state index in [2.05, 4.69) is 15.4 Å². The molecule has 1 aromatic carbocycles. The molecule has 2 heterocycles. The molecule has 100 valence electrons. The first-order chi connectivity index (χ1) is 9.74. The van der Waals surface area contributed by atoms with Crippen LogP contribution in [-0.2, 0) is 11.2 Å². The molecule has 2 aromatic heterocycles. The SMILES string of the molecule is O=C(Cc1ccccc1O)Nc1ccnc2ccnn12. The summed E-state index contributed by atoms with van der Waals surface area (Å²) in [7, 11) is 0. The monoisotopic (exact) mass is 268 g/mol. The van der Waals surface area contributed by atoms with Gasteiger partial charge in [0.25, 0.3) is 0 Å². The molecule has 6 heteroatoms. The second-order valence-electron chi connectivity index (χ2n) is 4.28. The Hall–Kier alpha value is -2.89. The maximum atomic E-state index is 12.0. The highest BCUT2D eigenvalue weighted by Crippen LogP contribution is 2.17. The molecule has 0 fully saturated rings. The van der Waals surface area contributed by atoms with Gasteiger partial charge in [0.05, 0.1) is 12.6 Å². The van der Waals surface area contributed by atoms with Crippen LogP contribution >= 0.6 is 0 Å². The molecule has 0 radical (unpaired) electrons. The highest BCUT2D eigenvalue weighted by Gasteiger charge is 2.09. The normalized spacial score (nSPS) is 10.6. The van der Waals surface area contributed by atoms with Gasteiger partial charge in [-0.25, -0.2) is 4.98 Å². The van der Waals surface area contributed by atoms with Crippen LogP contribution in [-0.4, -0.2) is 25.6 Å². The number of aromatic hydroxyl groups is 1. The minimum absolute atomic E-state index is 0.0950. The van der Waals surface area contributed by atoms with E-state index in [1.807, 2.05) is 0 Å². The molecule has 0 saturated carbocycles. The van der Waals surface area contributed by atoms with E-state index in [0.29, 0.717) is 17.0 Å². The van der Waals surface area contributed by atoms with Crippen molar-refractivity contribution in [1.82, 2.24) is 14.6 Å². The van der Waals surface area contributed by atoms with Crippen LogP contribution in [0, 0.1) is 0 Å². The van der Waals surface area contributed by atoms with Crippen molar-refractivity contribution in [2.75, 3.05) is 5.32 Å². The van der Waals surface area contributed by atoms with E-state index in [-0.39, 0.29) is 18.1 Å². The molecule has 6 nitrogen and oxygen atoms in total. The van der Waals surface area contributed by atoms with Crippen LogP contribution in [0.15, 0.2) is 48.8 Å². The van der Waals surface area contributed by atoms with Crippen molar-refractivity contribution >= 4 is 17.4 Å². The lowest BCUT2D eigenvalue weighted by molar-refractivity contribution is -0.115. The molecule has 0 saturated heterocycles. The lowest BCUT2D eigenvalue weighted by atomic mass is 10.1. The Kier molecular flexibility index (Phi) is 3.04. The third-order valence-corrected chi connectivity index (χ3v) is 2.90. The molecule has 0 spiro atoms. The number of hydrogen-bond donors (Lipinski definition) is 2. The molecule has 0 aliphatic carbocycles. The number of aromatic nitrogens is 3. The second-order valence-corrected chi connectivity index (χ2v) is 4.28. The molecule has 0 aliphatic heterocycles. The summed E-state index contributed by atoms with van der Waals surface area (Å²) in [4.78, 5) is 16.1. The molecule has 0 unspecified atom stereocenters. The third-order valence-electron chi connectivity index (χ3n) is 2.90. The van der Waals surface area contributed by atoms with Crippen LogP contribution < -0.4 is 5.32 Å². The van der Waals surface area contributed by atoms with Crippen molar-refractivity contribution in [3.63, 3.8) is 0 Å². The Balaban J connectivity index is 1.80. The van der Waals surface area contributed by atoms with E-state index in [0.717, 1.165) is 0 Å². The van der Waals surface area contributed by atoms with Gasteiger partial charge >= 0.3 is 0 Å². The Labute approximate surface area is 114 Å². The fraction of sp³-hybridized carbons (Fsp3) is 0.0714. The van der Waals surface area contributed by atoms with Gasteiger partial charge in [0.15, 0.2) is 5.65 Å². The summed E-state index contributed by atoms with van der Waals surface area (Å²) >= 11 is 0. The van der Waals surface area contributed by atoms with Crippen LogP contribution in [0.5, 0.6) is 5.75 Å². The summed E-state index contributed by atoms with van der Waals surface area (Å²) < 4.78 is 1.54. The summed E-state index contributed by atoms with van der Waals surface area (Å²) in [6.45, 7) is 0. The lowest BCUT2D eigenvalue weighted by Crippen LogP contribution is -2.17. The maximum absolute atomic E-state index is 12.0. The first kappa shape index (κ1) is 12.2.